The molecule has 0 aliphatic rings. The number of aromatic nitrogens is 2. The second-order valence-electron chi connectivity index (χ2n) is 3.17. The molecular formula is C12H14N2OPtRuS. The van der Waals surface area contributed by atoms with Crippen LogP contribution < -0.4 is 0 Å². The summed E-state index contributed by atoms with van der Waals surface area (Å²) < 4.78 is 9.56. The molecule has 0 saturated carbocycles. The van der Waals surface area contributed by atoms with Crippen molar-refractivity contribution in [2.75, 3.05) is 12.5 Å². The van der Waals surface area contributed by atoms with Gasteiger partial charge in [0.1, 0.15) is 0 Å². The summed E-state index contributed by atoms with van der Waals surface area (Å²) in [6, 6.07) is 11.6. The molecule has 2 aromatic rings. The van der Waals surface area contributed by atoms with Crippen molar-refractivity contribution in [2.24, 2.45) is 0 Å². The summed E-state index contributed by atoms with van der Waals surface area (Å²) in [6.45, 7) is 0. The minimum atomic E-state index is -0.611. The Hall–Kier alpha value is -0.238. The quantitative estimate of drug-likeness (QED) is 0.531. The van der Waals surface area contributed by atoms with Gasteiger partial charge in [0.2, 0.25) is 0 Å². The van der Waals surface area contributed by atoms with Crippen LogP contribution in [0.1, 0.15) is 0 Å². The maximum atomic E-state index is 9.56. The second kappa shape index (κ2) is 11.8. The van der Waals surface area contributed by atoms with Gasteiger partial charge >= 0.3 is 0 Å². The predicted octanol–water partition coefficient (Wildman–Crippen LogP) is 2.13. The van der Waals surface area contributed by atoms with Crippen molar-refractivity contribution >= 4 is 10.8 Å². The summed E-state index contributed by atoms with van der Waals surface area (Å²) >= 11 is 0. The molecule has 0 aliphatic heterocycles. The standard InChI is InChI=1S/C10H8N2.C2H6OS.Pt.Ru/c1-3-7-11-9(5-1)10-6-2-4-8-12-10;1-4(2)3;;/h1-8H;1-2H3;;. The largest absolute Gasteiger partial charge is 0.260 e. The van der Waals surface area contributed by atoms with Crippen LogP contribution in [-0.2, 0) is 51.3 Å². The number of pyridine rings is 2. The Bertz CT molecular complexity index is 401. The molecule has 0 fully saturated rings. The van der Waals surface area contributed by atoms with E-state index >= 15 is 0 Å². The van der Waals surface area contributed by atoms with Crippen molar-refractivity contribution < 1.29 is 44.8 Å². The number of nitrogens with zero attached hydrogens (tertiary/aromatic N) is 2. The van der Waals surface area contributed by atoms with Gasteiger partial charge in [-0.25, -0.2) is 0 Å². The fourth-order valence-corrected chi connectivity index (χ4v) is 1.03. The smallest absolute Gasteiger partial charge is 0.0886 e. The number of hydrogen-bond acceptors (Lipinski definition) is 3. The Morgan fingerprint density at radius 1 is 0.889 bits per heavy atom. The van der Waals surface area contributed by atoms with Crippen molar-refractivity contribution in [1.82, 2.24) is 9.97 Å². The molecule has 0 aromatic carbocycles. The van der Waals surface area contributed by atoms with Gasteiger partial charge < -0.3 is 0 Å². The van der Waals surface area contributed by atoms with Crippen LogP contribution in [0.2, 0.25) is 0 Å². The van der Waals surface area contributed by atoms with Crippen molar-refractivity contribution in [3.05, 3.63) is 48.8 Å². The first-order valence-electron chi connectivity index (χ1n) is 4.77. The normalized spacial score (nSPS) is 8.39. The van der Waals surface area contributed by atoms with Gasteiger partial charge in [0.05, 0.1) is 11.4 Å². The summed E-state index contributed by atoms with van der Waals surface area (Å²) in [5, 5.41) is 0. The molecule has 0 saturated heterocycles. The molecule has 6 heteroatoms. The first-order valence-corrected chi connectivity index (χ1v) is 6.74. The molecule has 102 valence electrons. The molecular weight excluding hydrogens is 516 g/mol. The third-order valence-electron chi connectivity index (χ3n) is 1.59. The third kappa shape index (κ3) is 8.79. The molecule has 18 heavy (non-hydrogen) atoms. The van der Waals surface area contributed by atoms with E-state index in [2.05, 4.69) is 9.97 Å². The molecule has 0 radical (unpaired) electrons. The number of hydrogen-bond donors (Lipinski definition) is 0. The molecule has 0 aliphatic carbocycles. The Balaban J connectivity index is 0. The van der Waals surface area contributed by atoms with Gasteiger partial charge in [0.25, 0.3) is 0 Å². The summed E-state index contributed by atoms with van der Waals surface area (Å²) in [4.78, 5) is 8.37. The van der Waals surface area contributed by atoms with Crippen LogP contribution in [0.15, 0.2) is 48.8 Å². The van der Waals surface area contributed by atoms with E-state index in [9.17, 15) is 4.21 Å². The van der Waals surface area contributed by atoms with E-state index < -0.39 is 10.8 Å². The Morgan fingerprint density at radius 2 is 1.22 bits per heavy atom. The molecule has 0 amide bonds. The Labute approximate surface area is 137 Å². The summed E-state index contributed by atoms with van der Waals surface area (Å²) in [5.74, 6) is 0. The topological polar surface area (TPSA) is 42.9 Å². The summed E-state index contributed by atoms with van der Waals surface area (Å²) in [7, 11) is -0.611. The van der Waals surface area contributed by atoms with Crippen molar-refractivity contribution in [3.8, 4) is 11.4 Å². The third-order valence-corrected chi connectivity index (χ3v) is 1.59. The van der Waals surface area contributed by atoms with E-state index in [4.69, 9.17) is 0 Å². The van der Waals surface area contributed by atoms with Crippen molar-refractivity contribution in [1.29, 1.82) is 0 Å². The zero-order chi connectivity index (χ0) is 11.8. The maximum Gasteiger partial charge on any atom is 0.0886 e. The molecule has 0 spiro atoms. The average Bonchev–Trinajstić information content (AvgIpc) is 2.31. The minimum Gasteiger partial charge on any atom is -0.260 e. The van der Waals surface area contributed by atoms with Gasteiger partial charge in [0.15, 0.2) is 0 Å². The van der Waals surface area contributed by atoms with Gasteiger partial charge in [-0.2, -0.15) is 0 Å². The van der Waals surface area contributed by atoms with Crippen LogP contribution in [0.4, 0.5) is 0 Å². The van der Waals surface area contributed by atoms with Crippen LogP contribution in [0, 0.1) is 0 Å². The molecule has 0 unspecified atom stereocenters. The van der Waals surface area contributed by atoms with E-state index in [0.717, 1.165) is 11.4 Å². The Morgan fingerprint density at radius 3 is 1.44 bits per heavy atom. The van der Waals surface area contributed by atoms with E-state index in [-0.39, 0.29) is 40.5 Å². The Kier molecular flexibility index (Phi) is 13.2. The van der Waals surface area contributed by atoms with E-state index in [1.54, 1.807) is 24.9 Å². The number of rotatable bonds is 1. The van der Waals surface area contributed by atoms with Crippen LogP contribution in [0.3, 0.4) is 0 Å². The summed E-state index contributed by atoms with van der Waals surface area (Å²) in [6.07, 6.45) is 6.81. The zero-order valence-electron chi connectivity index (χ0n) is 10.00. The molecule has 0 bridgehead atoms. The van der Waals surface area contributed by atoms with E-state index in [1.165, 1.54) is 0 Å². The molecule has 0 atom stereocenters. The molecule has 2 aromatic heterocycles. The van der Waals surface area contributed by atoms with Crippen molar-refractivity contribution in [2.45, 2.75) is 0 Å². The first kappa shape index (κ1) is 20.1. The average molecular weight is 530 g/mol. The van der Waals surface area contributed by atoms with Crippen LogP contribution in [0.5, 0.6) is 0 Å². The van der Waals surface area contributed by atoms with Gasteiger partial charge in [-0.1, -0.05) is 12.1 Å². The van der Waals surface area contributed by atoms with E-state index in [0.29, 0.717) is 0 Å². The van der Waals surface area contributed by atoms with Crippen LogP contribution in [0.25, 0.3) is 11.4 Å². The fourth-order valence-electron chi connectivity index (χ4n) is 1.03. The molecule has 0 N–H and O–H groups in total. The van der Waals surface area contributed by atoms with Crippen LogP contribution >= 0.6 is 0 Å². The predicted molar refractivity (Wildman–Crippen MR) is 67.5 cm³/mol. The monoisotopic (exact) mass is 531 g/mol. The van der Waals surface area contributed by atoms with Gasteiger partial charge in [-0.05, 0) is 24.3 Å². The van der Waals surface area contributed by atoms with Gasteiger partial charge in [0, 0.05) is 76.2 Å². The van der Waals surface area contributed by atoms with Gasteiger partial charge in [-0.15, -0.1) is 0 Å². The van der Waals surface area contributed by atoms with Crippen LogP contribution in [-0.4, -0.2) is 26.7 Å². The zero-order valence-corrected chi connectivity index (χ0v) is 14.8. The molecule has 3 nitrogen and oxygen atoms in total. The summed E-state index contributed by atoms with van der Waals surface area (Å²) in [5.41, 5.74) is 1.83. The van der Waals surface area contributed by atoms with Gasteiger partial charge in [-0.3, -0.25) is 14.2 Å². The first-order chi connectivity index (χ1) is 7.70. The maximum absolute atomic E-state index is 9.56. The van der Waals surface area contributed by atoms with E-state index in [1.807, 2.05) is 36.4 Å². The molecule has 2 heterocycles. The SMILES string of the molecule is CS(C)=O.[Pt].[Ru].c1ccc(-c2ccccn2)nc1. The molecule has 2 rings (SSSR count). The van der Waals surface area contributed by atoms with Crippen molar-refractivity contribution in [3.63, 3.8) is 0 Å². The fraction of sp³-hybridized carbons (Fsp3) is 0.167. The second-order valence-corrected chi connectivity index (χ2v) is 4.65. The minimum absolute atomic E-state index is 0.